The van der Waals surface area contributed by atoms with Gasteiger partial charge in [-0.25, -0.2) is 14.8 Å². The number of hydrogen-bond donors (Lipinski definition) is 2. The normalized spacial score (nSPS) is 14.8. The van der Waals surface area contributed by atoms with Crippen molar-refractivity contribution < 1.29 is 18.0 Å². The summed E-state index contributed by atoms with van der Waals surface area (Å²) in [6.07, 6.45) is -0.543. The number of carbonyl (C=O) groups is 1. The number of likely N-dealkylation sites (N-methyl/N-ethyl adjacent to an activating group) is 1. The van der Waals surface area contributed by atoms with Gasteiger partial charge in [-0.2, -0.15) is 13.2 Å². The number of urea groups is 1. The van der Waals surface area contributed by atoms with Gasteiger partial charge in [-0.15, -0.1) is 11.3 Å². The Hall–Kier alpha value is -3.18. The van der Waals surface area contributed by atoms with Gasteiger partial charge in [0.1, 0.15) is 5.82 Å². The topological polar surface area (TPSA) is 73.4 Å². The van der Waals surface area contributed by atoms with Crippen LogP contribution in [0.2, 0.25) is 0 Å². The molecule has 3 heterocycles. The molecule has 2 aromatic heterocycles. The Morgan fingerprint density at radius 3 is 2.35 bits per heavy atom. The molecule has 0 saturated carbocycles. The van der Waals surface area contributed by atoms with Crippen LogP contribution in [0.5, 0.6) is 0 Å². The van der Waals surface area contributed by atoms with Crippen LogP contribution in [0.25, 0.3) is 0 Å². The number of rotatable bonds is 6. The quantitative estimate of drug-likeness (QED) is 0.541. The van der Waals surface area contributed by atoms with Crippen molar-refractivity contribution in [1.82, 2.24) is 20.2 Å². The Bertz CT molecular complexity index is 1090. The standard InChI is InChI=1S/C23H25F3N6OS/c1-31-8-10-32(11-9-31)20-7-4-17(13-27-20)14-28-21(33)30-22-29-15-19(34-22)12-16-2-5-18(6-3-16)23(24,25)26/h2-7,13,15H,8-12,14H2,1H3,(H2,28,29,30,33). The van der Waals surface area contributed by atoms with Crippen molar-refractivity contribution in [3.63, 3.8) is 0 Å². The number of amides is 2. The summed E-state index contributed by atoms with van der Waals surface area (Å²) in [5, 5.41) is 5.89. The molecule has 34 heavy (non-hydrogen) atoms. The third-order valence-electron chi connectivity index (χ3n) is 5.52. The first-order valence-corrected chi connectivity index (χ1v) is 11.6. The molecule has 2 N–H and O–H groups in total. The molecule has 11 heteroatoms. The Balaban J connectivity index is 1.24. The van der Waals surface area contributed by atoms with E-state index in [2.05, 4.69) is 37.4 Å². The predicted molar refractivity (Wildman–Crippen MR) is 126 cm³/mol. The largest absolute Gasteiger partial charge is 0.416 e. The van der Waals surface area contributed by atoms with E-state index in [1.54, 1.807) is 12.4 Å². The molecular formula is C23H25F3N6OS. The number of pyridine rings is 1. The number of nitrogens with zero attached hydrogens (tertiary/aromatic N) is 4. The highest BCUT2D eigenvalue weighted by Gasteiger charge is 2.29. The highest BCUT2D eigenvalue weighted by Crippen LogP contribution is 2.30. The minimum atomic E-state index is -4.35. The van der Waals surface area contributed by atoms with Crippen LogP contribution in [-0.2, 0) is 19.1 Å². The Labute approximate surface area is 199 Å². The smallest absolute Gasteiger partial charge is 0.354 e. The third-order valence-corrected chi connectivity index (χ3v) is 6.44. The summed E-state index contributed by atoms with van der Waals surface area (Å²) in [5.41, 5.74) is 0.944. The van der Waals surface area contributed by atoms with E-state index in [1.807, 2.05) is 12.1 Å². The van der Waals surface area contributed by atoms with Gasteiger partial charge in [0, 0.05) is 56.4 Å². The first kappa shape index (κ1) is 24.0. The summed E-state index contributed by atoms with van der Waals surface area (Å²) in [7, 11) is 2.11. The molecule has 0 bridgehead atoms. The van der Waals surface area contributed by atoms with Gasteiger partial charge in [0.2, 0.25) is 0 Å². The highest BCUT2D eigenvalue weighted by molar-refractivity contribution is 7.15. The lowest BCUT2D eigenvalue weighted by atomic mass is 10.1. The van der Waals surface area contributed by atoms with Gasteiger partial charge in [0.25, 0.3) is 0 Å². The fraction of sp³-hybridized carbons (Fsp3) is 0.348. The monoisotopic (exact) mass is 490 g/mol. The lowest BCUT2D eigenvalue weighted by molar-refractivity contribution is -0.137. The summed E-state index contributed by atoms with van der Waals surface area (Å²) in [5.74, 6) is 0.935. The number of halogens is 3. The van der Waals surface area contributed by atoms with Gasteiger partial charge in [-0.3, -0.25) is 5.32 Å². The number of piperazine rings is 1. The highest BCUT2D eigenvalue weighted by atomic mass is 32.1. The Morgan fingerprint density at radius 2 is 1.71 bits per heavy atom. The molecule has 180 valence electrons. The molecule has 1 saturated heterocycles. The minimum absolute atomic E-state index is 0.325. The number of carbonyl (C=O) groups excluding carboxylic acids is 1. The van der Waals surface area contributed by atoms with Gasteiger partial charge >= 0.3 is 12.2 Å². The van der Waals surface area contributed by atoms with Crippen LogP contribution in [0.4, 0.5) is 28.9 Å². The summed E-state index contributed by atoms with van der Waals surface area (Å²) in [6, 6.07) is 8.56. The van der Waals surface area contributed by atoms with Crippen LogP contribution < -0.4 is 15.5 Å². The van der Waals surface area contributed by atoms with Crippen LogP contribution >= 0.6 is 11.3 Å². The van der Waals surface area contributed by atoms with Gasteiger partial charge in [-0.1, -0.05) is 18.2 Å². The maximum Gasteiger partial charge on any atom is 0.416 e. The molecule has 3 aromatic rings. The second-order valence-corrected chi connectivity index (χ2v) is 9.24. The zero-order valence-electron chi connectivity index (χ0n) is 18.6. The third kappa shape index (κ3) is 6.45. The summed E-state index contributed by atoms with van der Waals surface area (Å²) >= 11 is 1.28. The molecule has 0 aliphatic carbocycles. The summed E-state index contributed by atoms with van der Waals surface area (Å²) < 4.78 is 38.1. The van der Waals surface area contributed by atoms with E-state index in [0.29, 0.717) is 18.1 Å². The van der Waals surface area contributed by atoms with Crippen molar-refractivity contribution in [2.75, 3.05) is 43.4 Å². The molecule has 1 fully saturated rings. The van der Waals surface area contributed by atoms with Crippen molar-refractivity contribution in [3.8, 4) is 0 Å². The van der Waals surface area contributed by atoms with E-state index in [9.17, 15) is 18.0 Å². The van der Waals surface area contributed by atoms with Crippen molar-refractivity contribution >= 4 is 28.3 Å². The first-order valence-electron chi connectivity index (χ1n) is 10.8. The van der Waals surface area contributed by atoms with Crippen molar-refractivity contribution in [2.45, 2.75) is 19.1 Å². The van der Waals surface area contributed by atoms with Crippen LogP contribution in [-0.4, -0.2) is 54.1 Å². The molecule has 1 aliphatic rings. The number of aromatic nitrogens is 2. The molecule has 0 atom stereocenters. The maximum atomic E-state index is 12.7. The molecule has 1 aromatic carbocycles. The van der Waals surface area contributed by atoms with Gasteiger partial charge in [0.05, 0.1) is 5.56 Å². The number of nitrogens with one attached hydrogen (secondary N) is 2. The SMILES string of the molecule is CN1CCN(c2ccc(CNC(=O)Nc3ncc(Cc4ccc(C(F)(F)F)cc4)s3)cn2)CC1. The fourth-order valence-corrected chi connectivity index (χ4v) is 4.37. The van der Waals surface area contributed by atoms with E-state index >= 15 is 0 Å². The van der Waals surface area contributed by atoms with Crippen LogP contribution in [0.15, 0.2) is 48.8 Å². The maximum absolute atomic E-state index is 12.7. The van der Waals surface area contributed by atoms with E-state index in [1.165, 1.54) is 23.5 Å². The van der Waals surface area contributed by atoms with Crippen molar-refractivity contribution in [3.05, 3.63) is 70.4 Å². The lowest BCUT2D eigenvalue weighted by Crippen LogP contribution is -2.44. The molecule has 1 aliphatic heterocycles. The molecule has 0 radical (unpaired) electrons. The zero-order valence-corrected chi connectivity index (χ0v) is 19.4. The molecule has 0 spiro atoms. The zero-order chi connectivity index (χ0) is 24.1. The van der Waals surface area contributed by atoms with E-state index in [-0.39, 0.29) is 0 Å². The Kier molecular flexibility index (Phi) is 7.32. The lowest BCUT2D eigenvalue weighted by Gasteiger charge is -2.33. The van der Waals surface area contributed by atoms with E-state index < -0.39 is 17.8 Å². The predicted octanol–water partition coefficient (Wildman–Crippen LogP) is 4.22. The molecule has 7 nitrogen and oxygen atoms in total. The van der Waals surface area contributed by atoms with Crippen LogP contribution in [0.3, 0.4) is 0 Å². The molecule has 4 rings (SSSR count). The summed E-state index contributed by atoms with van der Waals surface area (Å²) in [4.78, 5) is 26.3. The first-order chi connectivity index (χ1) is 16.3. The number of thiazole rings is 1. The number of anilines is 2. The van der Waals surface area contributed by atoms with Crippen LogP contribution in [0, 0.1) is 0 Å². The van der Waals surface area contributed by atoms with Crippen molar-refractivity contribution in [2.24, 2.45) is 0 Å². The second kappa shape index (κ2) is 10.4. The van der Waals surface area contributed by atoms with Crippen LogP contribution in [0.1, 0.15) is 21.6 Å². The van der Waals surface area contributed by atoms with Crippen molar-refractivity contribution in [1.29, 1.82) is 0 Å². The average molecular weight is 491 g/mol. The number of hydrogen-bond acceptors (Lipinski definition) is 6. The summed E-state index contributed by atoms with van der Waals surface area (Å²) in [6.45, 7) is 4.23. The molecule has 0 unspecified atom stereocenters. The number of benzene rings is 1. The minimum Gasteiger partial charge on any atom is -0.354 e. The van der Waals surface area contributed by atoms with Gasteiger partial charge in [-0.05, 0) is 36.4 Å². The molecule has 2 amide bonds. The van der Waals surface area contributed by atoms with E-state index in [4.69, 9.17) is 0 Å². The number of alkyl halides is 3. The second-order valence-electron chi connectivity index (χ2n) is 8.13. The Morgan fingerprint density at radius 1 is 1.00 bits per heavy atom. The van der Waals surface area contributed by atoms with E-state index in [0.717, 1.165) is 60.1 Å². The fourth-order valence-electron chi connectivity index (χ4n) is 3.53. The average Bonchev–Trinajstić information content (AvgIpc) is 3.25. The van der Waals surface area contributed by atoms with Gasteiger partial charge < -0.3 is 15.1 Å². The molecular weight excluding hydrogens is 465 g/mol. The van der Waals surface area contributed by atoms with Gasteiger partial charge in [0.15, 0.2) is 5.13 Å².